The van der Waals surface area contributed by atoms with Gasteiger partial charge in [-0.3, -0.25) is 14.5 Å². The summed E-state index contributed by atoms with van der Waals surface area (Å²) in [6.45, 7) is 0.513. The lowest BCUT2D eigenvalue weighted by molar-refractivity contribution is -0.122. The predicted molar refractivity (Wildman–Crippen MR) is 162 cm³/mol. The van der Waals surface area contributed by atoms with Gasteiger partial charge in [0.2, 0.25) is 10.0 Å². The Bertz CT molecular complexity index is 1360. The minimum atomic E-state index is -1.95. The first-order valence-electron chi connectivity index (χ1n) is 11.7. The van der Waals surface area contributed by atoms with Crippen LogP contribution in [0.5, 0.6) is 11.5 Å². The SMILES string of the molecule is COc1ccc(C(=O)NC(Oc2ccc(C=C3SC(=S)N(CCc4ccccc4)C3=O)cc2)C(Cl)(Cl)Cl)cc1. The molecule has 1 fully saturated rings. The highest BCUT2D eigenvalue weighted by molar-refractivity contribution is 8.26. The number of benzene rings is 3. The third-order valence-corrected chi connectivity index (χ3v) is 7.66. The number of halogens is 3. The van der Waals surface area contributed by atoms with Crippen LogP contribution in [-0.4, -0.2) is 44.7 Å². The number of thioether (sulfide) groups is 1. The molecule has 1 N–H and O–H groups in total. The van der Waals surface area contributed by atoms with E-state index in [4.69, 9.17) is 56.5 Å². The molecular formula is C28H23Cl3N2O4S2. The fourth-order valence-corrected chi connectivity index (χ4v) is 5.24. The van der Waals surface area contributed by atoms with E-state index in [9.17, 15) is 9.59 Å². The molecule has 1 aliphatic heterocycles. The molecule has 0 spiro atoms. The number of ether oxygens (including phenoxy) is 2. The number of nitrogens with one attached hydrogen (secondary N) is 1. The van der Waals surface area contributed by atoms with Gasteiger partial charge in [-0.25, -0.2) is 0 Å². The molecule has 0 aromatic heterocycles. The molecule has 1 heterocycles. The lowest BCUT2D eigenvalue weighted by Crippen LogP contribution is -2.47. The molecule has 1 aliphatic rings. The standard InChI is InChI=1S/C28H23Cl3N2O4S2/c1-36-21-13-9-20(10-14-21)24(34)32-26(28(29,30)31)37-22-11-7-19(8-12-22)17-23-25(35)33(27(38)39-23)16-15-18-5-3-2-4-6-18/h2-14,17,26H,15-16H2,1H3,(H,32,34). The Balaban J connectivity index is 1.40. The van der Waals surface area contributed by atoms with E-state index >= 15 is 0 Å². The first kappa shape index (κ1) is 29.2. The number of alkyl halides is 3. The van der Waals surface area contributed by atoms with E-state index < -0.39 is 15.9 Å². The molecule has 11 heteroatoms. The number of thiocarbonyl (C=S) groups is 1. The third kappa shape index (κ3) is 7.90. The maximum absolute atomic E-state index is 13.0. The summed E-state index contributed by atoms with van der Waals surface area (Å²) in [5.41, 5.74) is 2.24. The first-order chi connectivity index (χ1) is 18.6. The Kier molecular flexibility index (Phi) is 9.80. The number of hydrogen-bond acceptors (Lipinski definition) is 6. The van der Waals surface area contributed by atoms with Crippen LogP contribution >= 0.6 is 58.8 Å². The van der Waals surface area contributed by atoms with Crippen LogP contribution in [0.2, 0.25) is 0 Å². The van der Waals surface area contributed by atoms with Gasteiger partial charge >= 0.3 is 0 Å². The summed E-state index contributed by atoms with van der Waals surface area (Å²) in [5.74, 6) is 0.350. The van der Waals surface area contributed by atoms with Crippen LogP contribution < -0.4 is 14.8 Å². The van der Waals surface area contributed by atoms with Crippen LogP contribution in [0.4, 0.5) is 0 Å². The van der Waals surface area contributed by atoms with Crippen LogP contribution in [0.1, 0.15) is 21.5 Å². The molecule has 202 valence electrons. The summed E-state index contributed by atoms with van der Waals surface area (Å²) >= 11 is 25.0. The molecule has 2 amide bonds. The second-order valence-corrected chi connectivity index (χ2v) is 12.4. The van der Waals surface area contributed by atoms with Crippen molar-refractivity contribution in [2.45, 2.75) is 16.4 Å². The number of nitrogens with zero attached hydrogens (tertiary/aromatic N) is 1. The molecule has 0 bridgehead atoms. The van der Waals surface area contributed by atoms with Gasteiger partial charge in [-0.05, 0) is 60.0 Å². The maximum atomic E-state index is 13.0. The van der Waals surface area contributed by atoms with Gasteiger partial charge in [0, 0.05) is 12.1 Å². The molecule has 1 saturated heterocycles. The number of hydrogen-bond donors (Lipinski definition) is 1. The Labute approximate surface area is 251 Å². The van der Waals surface area contributed by atoms with Gasteiger partial charge < -0.3 is 14.8 Å². The van der Waals surface area contributed by atoms with Crippen molar-refractivity contribution in [3.63, 3.8) is 0 Å². The topological polar surface area (TPSA) is 67.9 Å². The van der Waals surface area contributed by atoms with Crippen molar-refractivity contribution in [1.29, 1.82) is 0 Å². The lowest BCUT2D eigenvalue weighted by atomic mass is 10.1. The molecule has 4 rings (SSSR count). The number of amides is 2. The number of methoxy groups -OCH3 is 1. The highest BCUT2D eigenvalue weighted by Gasteiger charge is 2.36. The van der Waals surface area contributed by atoms with Crippen LogP contribution in [0.3, 0.4) is 0 Å². The average Bonchev–Trinajstić information content (AvgIpc) is 3.19. The molecule has 6 nitrogen and oxygen atoms in total. The molecule has 0 radical (unpaired) electrons. The van der Waals surface area contributed by atoms with Crippen molar-refractivity contribution >= 4 is 81.0 Å². The fraction of sp³-hybridized carbons (Fsp3) is 0.179. The zero-order chi connectivity index (χ0) is 28.0. The molecule has 0 saturated carbocycles. The van der Waals surface area contributed by atoms with Crippen LogP contribution in [0, 0.1) is 0 Å². The number of carbonyl (C=O) groups excluding carboxylic acids is 2. The minimum absolute atomic E-state index is 0.126. The molecule has 3 aromatic rings. The van der Waals surface area contributed by atoms with Gasteiger partial charge in [-0.1, -0.05) is 101 Å². The Morgan fingerprint density at radius 2 is 1.67 bits per heavy atom. The zero-order valence-corrected chi connectivity index (χ0v) is 24.5. The predicted octanol–water partition coefficient (Wildman–Crippen LogP) is 6.64. The Morgan fingerprint density at radius 3 is 2.28 bits per heavy atom. The van der Waals surface area contributed by atoms with Crippen molar-refractivity contribution in [2.24, 2.45) is 0 Å². The summed E-state index contributed by atoms with van der Waals surface area (Å²) in [6, 6.07) is 23.2. The van der Waals surface area contributed by atoms with E-state index in [0.29, 0.717) is 39.3 Å². The van der Waals surface area contributed by atoms with Gasteiger partial charge in [0.05, 0.1) is 12.0 Å². The lowest BCUT2D eigenvalue weighted by Gasteiger charge is -2.26. The molecule has 3 aromatic carbocycles. The van der Waals surface area contributed by atoms with Crippen LogP contribution in [0.25, 0.3) is 6.08 Å². The highest BCUT2D eigenvalue weighted by atomic mass is 35.6. The zero-order valence-electron chi connectivity index (χ0n) is 20.6. The van der Waals surface area contributed by atoms with Crippen molar-refractivity contribution < 1.29 is 19.1 Å². The summed E-state index contributed by atoms with van der Waals surface area (Å²) in [5, 5.41) is 2.59. The van der Waals surface area contributed by atoms with Gasteiger partial charge in [0.25, 0.3) is 11.8 Å². The van der Waals surface area contributed by atoms with Crippen molar-refractivity contribution in [2.75, 3.05) is 13.7 Å². The second kappa shape index (κ2) is 13.1. The third-order valence-electron chi connectivity index (χ3n) is 5.68. The molecule has 1 unspecified atom stereocenters. The van der Waals surface area contributed by atoms with E-state index in [1.165, 1.54) is 18.9 Å². The van der Waals surface area contributed by atoms with Crippen molar-refractivity contribution in [1.82, 2.24) is 10.2 Å². The van der Waals surface area contributed by atoms with Gasteiger partial charge in [0.1, 0.15) is 15.8 Å². The monoisotopic (exact) mass is 620 g/mol. The van der Waals surface area contributed by atoms with Crippen LogP contribution in [0.15, 0.2) is 83.8 Å². The van der Waals surface area contributed by atoms with Gasteiger partial charge in [0.15, 0.2) is 0 Å². The Morgan fingerprint density at radius 1 is 1.03 bits per heavy atom. The quantitative estimate of drug-likeness (QED) is 0.125. The largest absolute Gasteiger partial charge is 0.497 e. The van der Waals surface area contributed by atoms with Crippen LogP contribution in [-0.2, 0) is 11.2 Å². The highest BCUT2D eigenvalue weighted by Crippen LogP contribution is 2.34. The first-order valence-corrected chi connectivity index (χ1v) is 14.1. The Hall–Kier alpha value is -2.75. The second-order valence-electron chi connectivity index (χ2n) is 8.38. The fourth-order valence-electron chi connectivity index (χ4n) is 3.63. The van der Waals surface area contributed by atoms with E-state index in [-0.39, 0.29) is 5.91 Å². The normalized spacial score (nSPS) is 15.4. The number of carbonyl (C=O) groups is 2. The smallest absolute Gasteiger partial charge is 0.266 e. The molecule has 1 atom stereocenters. The molecule has 0 aliphatic carbocycles. The van der Waals surface area contributed by atoms with Crippen molar-refractivity contribution in [3.05, 3.63) is 100 Å². The average molecular weight is 622 g/mol. The summed E-state index contributed by atoms with van der Waals surface area (Å²) in [4.78, 5) is 27.8. The van der Waals surface area contributed by atoms with E-state index in [1.807, 2.05) is 30.3 Å². The molecular weight excluding hydrogens is 599 g/mol. The van der Waals surface area contributed by atoms with E-state index in [1.54, 1.807) is 59.5 Å². The molecule has 39 heavy (non-hydrogen) atoms. The van der Waals surface area contributed by atoms with E-state index in [2.05, 4.69) is 5.32 Å². The van der Waals surface area contributed by atoms with Gasteiger partial charge in [-0.2, -0.15) is 0 Å². The summed E-state index contributed by atoms with van der Waals surface area (Å²) < 4.78 is 9.48. The minimum Gasteiger partial charge on any atom is -0.497 e. The maximum Gasteiger partial charge on any atom is 0.266 e. The van der Waals surface area contributed by atoms with Gasteiger partial charge in [-0.15, -0.1) is 0 Å². The summed E-state index contributed by atoms with van der Waals surface area (Å²) in [6.07, 6.45) is 1.21. The summed E-state index contributed by atoms with van der Waals surface area (Å²) in [7, 11) is 1.53. The van der Waals surface area contributed by atoms with E-state index in [0.717, 1.165) is 11.1 Å². The number of rotatable bonds is 9. The van der Waals surface area contributed by atoms with Crippen molar-refractivity contribution in [3.8, 4) is 11.5 Å².